The highest BCUT2D eigenvalue weighted by Crippen LogP contribution is 2.11. The highest BCUT2D eigenvalue weighted by atomic mass is 16.5. The van der Waals surface area contributed by atoms with Crippen LogP contribution in [0.3, 0.4) is 0 Å². The third-order valence-corrected chi connectivity index (χ3v) is 3.79. The normalized spacial score (nSPS) is 12.3. The van der Waals surface area contributed by atoms with E-state index in [-0.39, 0.29) is 11.9 Å². The molecule has 0 unspecified atom stereocenters. The Hall–Kier alpha value is -2.32. The lowest BCUT2D eigenvalue weighted by Gasteiger charge is -2.24. The molecule has 0 saturated carbocycles. The first-order valence-corrected chi connectivity index (χ1v) is 8.36. The number of para-hydroxylation sites is 1. The topological polar surface area (TPSA) is 82.4 Å². The highest BCUT2D eigenvalue weighted by Gasteiger charge is 2.20. The summed E-state index contributed by atoms with van der Waals surface area (Å²) in [5.41, 5.74) is 0.897. The van der Waals surface area contributed by atoms with Crippen LogP contribution < -0.4 is 0 Å². The Morgan fingerprint density at radius 1 is 1.32 bits per heavy atom. The van der Waals surface area contributed by atoms with Crippen molar-refractivity contribution in [3.8, 4) is 5.69 Å². The van der Waals surface area contributed by atoms with Crippen LogP contribution in [0.5, 0.6) is 0 Å². The van der Waals surface area contributed by atoms with Gasteiger partial charge in [0.1, 0.15) is 0 Å². The average molecular weight is 347 g/mol. The Bertz CT molecular complexity index is 647. The lowest BCUT2D eigenvalue weighted by Crippen LogP contribution is -2.35. The van der Waals surface area contributed by atoms with E-state index in [9.17, 15) is 4.79 Å². The Kier molecular flexibility index (Phi) is 7.49. The largest absolute Gasteiger partial charge is 0.469 e. The summed E-state index contributed by atoms with van der Waals surface area (Å²) in [5.74, 6) is 0.233. The molecule has 0 fully saturated rings. The van der Waals surface area contributed by atoms with Crippen LogP contribution in [-0.4, -0.2) is 64.5 Å². The molecule has 0 N–H and O–H groups in total. The van der Waals surface area contributed by atoms with Gasteiger partial charge in [0, 0.05) is 19.7 Å². The van der Waals surface area contributed by atoms with Crippen molar-refractivity contribution in [2.45, 2.75) is 20.4 Å². The van der Waals surface area contributed by atoms with Crippen molar-refractivity contribution < 1.29 is 14.3 Å². The van der Waals surface area contributed by atoms with E-state index in [1.54, 1.807) is 4.68 Å². The van der Waals surface area contributed by atoms with E-state index in [4.69, 9.17) is 9.47 Å². The maximum Gasteiger partial charge on any atom is 0.309 e. The zero-order valence-corrected chi connectivity index (χ0v) is 15.0. The molecule has 0 saturated heterocycles. The van der Waals surface area contributed by atoms with Crippen LogP contribution in [0.1, 0.15) is 19.7 Å². The van der Waals surface area contributed by atoms with Gasteiger partial charge in [-0.15, -0.1) is 5.10 Å². The highest BCUT2D eigenvalue weighted by molar-refractivity contribution is 5.72. The van der Waals surface area contributed by atoms with Gasteiger partial charge in [-0.05, 0) is 29.5 Å². The van der Waals surface area contributed by atoms with Gasteiger partial charge >= 0.3 is 5.97 Å². The van der Waals surface area contributed by atoms with Crippen molar-refractivity contribution in [1.29, 1.82) is 0 Å². The fourth-order valence-corrected chi connectivity index (χ4v) is 2.51. The van der Waals surface area contributed by atoms with Crippen LogP contribution in [0.4, 0.5) is 0 Å². The first-order valence-electron chi connectivity index (χ1n) is 8.36. The van der Waals surface area contributed by atoms with E-state index in [2.05, 4.69) is 20.4 Å². The summed E-state index contributed by atoms with van der Waals surface area (Å²) in [4.78, 5) is 13.8. The molecular weight excluding hydrogens is 322 g/mol. The van der Waals surface area contributed by atoms with E-state index < -0.39 is 0 Å². The number of methoxy groups -OCH3 is 1. The first kappa shape index (κ1) is 19.0. The molecule has 0 amide bonds. The molecule has 1 aromatic carbocycles. The van der Waals surface area contributed by atoms with Crippen molar-refractivity contribution in [3.63, 3.8) is 0 Å². The molecule has 0 aliphatic carbocycles. The van der Waals surface area contributed by atoms with Gasteiger partial charge in [0.25, 0.3) is 0 Å². The summed E-state index contributed by atoms with van der Waals surface area (Å²) in [6.45, 7) is 6.77. The maximum atomic E-state index is 11.7. The van der Waals surface area contributed by atoms with Crippen LogP contribution in [-0.2, 0) is 20.8 Å². The molecule has 2 rings (SSSR count). The molecule has 8 heteroatoms. The summed E-state index contributed by atoms with van der Waals surface area (Å²) in [6, 6.07) is 9.71. The third-order valence-electron chi connectivity index (χ3n) is 3.79. The Morgan fingerprint density at radius 2 is 2.08 bits per heavy atom. The molecule has 25 heavy (non-hydrogen) atoms. The number of carbonyl (C=O) groups excluding carboxylic acids is 1. The first-order chi connectivity index (χ1) is 12.2. The lowest BCUT2D eigenvalue weighted by atomic mass is 10.1. The van der Waals surface area contributed by atoms with Crippen LogP contribution in [0.2, 0.25) is 0 Å². The molecule has 0 aliphatic heterocycles. The Labute approximate surface area is 147 Å². The Morgan fingerprint density at radius 3 is 2.76 bits per heavy atom. The fourth-order valence-electron chi connectivity index (χ4n) is 2.51. The molecule has 8 nitrogen and oxygen atoms in total. The molecule has 2 aromatic rings. The van der Waals surface area contributed by atoms with Crippen molar-refractivity contribution in [1.82, 2.24) is 25.1 Å². The predicted octanol–water partition coefficient (Wildman–Crippen LogP) is 1.31. The Balaban J connectivity index is 2.10. The van der Waals surface area contributed by atoms with Gasteiger partial charge in [0.2, 0.25) is 0 Å². The quantitative estimate of drug-likeness (QED) is 0.473. The number of esters is 1. The number of hydrogen-bond acceptors (Lipinski definition) is 7. The maximum absolute atomic E-state index is 11.7. The minimum absolute atomic E-state index is 0.232. The molecule has 1 heterocycles. The van der Waals surface area contributed by atoms with E-state index in [1.807, 2.05) is 44.2 Å². The summed E-state index contributed by atoms with van der Waals surface area (Å²) in [7, 11) is 1.40. The second-order valence-corrected chi connectivity index (χ2v) is 5.70. The lowest BCUT2D eigenvalue weighted by molar-refractivity contribution is -0.145. The fraction of sp³-hybridized carbons (Fsp3) is 0.529. The molecule has 0 aliphatic rings. The smallest absolute Gasteiger partial charge is 0.309 e. The molecule has 0 bridgehead atoms. The van der Waals surface area contributed by atoms with Crippen LogP contribution >= 0.6 is 0 Å². The van der Waals surface area contributed by atoms with Gasteiger partial charge < -0.3 is 9.47 Å². The van der Waals surface area contributed by atoms with Gasteiger partial charge in [-0.1, -0.05) is 25.1 Å². The zero-order chi connectivity index (χ0) is 18.1. The minimum atomic E-state index is -0.243. The standard InChI is InChI=1S/C17H25N5O3/c1-4-25-11-10-21(12-14(2)17(23)24-3)13-16-18-19-20-22(16)15-8-6-5-7-9-15/h5-9,14H,4,10-13H2,1-3H3/t14-/m0/s1. The SMILES string of the molecule is CCOCCN(Cc1nnnn1-c1ccccc1)C[C@H](C)C(=O)OC. The van der Waals surface area contributed by atoms with E-state index in [0.717, 1.165) is 5.69 Å². The van der Waals surface area contributed by atoms with E-state index in [0.29, 0.717) is 38.7 Å². The summed E-state index contributed by atoms with van der Waals surface area (Å²) < 4.78 is 12.0. The molecule has 1 atom stereocenters. The zero-order valence-electron chi connectivity index (χ0n) is 15.0. The van der Waals surface area contributed by atoms with Crippen LogP contribution in [0, 0.1) is 5.92 Å². The van der Waals surface area contributed by atoms with Gasteiger partial charge in [-0.2, -0.15) is 4.68 Å². The number of hydrogen-bond donors (Lipinski definition) is 0. The predicted molar refractivity (Wildman–Crippen MR) is 92.1 cm³/mol. The van der Waals surface area contributed by atoms with Gasteiger partial charge in [-0.3, -0.25) is 9.69 Å². The summed E-state index contributed by atoms with van der Waals surface area (Å²) in [6.07, 6.45) is 0. The van der Waals surface area contributed by atoms with Crippen LogP contribution in [0.25, 0.3) is 5.69 Å². The van der Waals surface area contributed by atoms with Crippen LogP contribution in [0.15, 0.2) is 30.3 Å². The number of nitrogens with zero attached hydrogens (tertiary/aromatic N) is 5. The van der Waals surface area contributed by atoms with Crippen molar-refractivity contribution >= 4 is 5.97 Å². The molecule has 0 spiro atoms. The third kappa shape index (κ3) is 5.61. The number of tetrazole rings is 1. The number of rotatable bonds is 10. The summed E-state index contributed by atoms with van der Waals surface area (Å²) >= 11 is 0. The van der Waals surface area contributed by atoms with Crippen molar-refractivity contribution in [3.05, 3.63) is 36.2 Å². The number of aromatic nitrogens is 4. The number of carbonyl (C=O) groups is 1. The second-order valence-electron chi connectivity index (χ2n) is 5.70. The number of benzene rings is 1. The van der Waals surface area contributed by atoms with Crippen molar-refractivity contribution in [2.75, 3.05) is 33.4 Å². The second kappa shape index (κ2) is 9.85. The van der Waals surface area contributed by atoms with E-state index in [1.165, 1.54) is 7.11 Å². The van der Waals surface area contributed by atoms with Gasteiger partial charge in [0.15, 0.2) is 5.82 Å². The van der Waals surface area contributed by atoms with Gasteiger partial charge in [0.05, 0.1) is 31.9 Å². The number of ether oxygens (including phenoxy) is 2. The van der Waals surface area contributed by atoms with Gasteiger partial charge in [-0.25, -0.2) is 0 Å². The molecular formula is C17H25N5O3. The monoisotopic (exact) mass is 347 g/mol. The minimum Gasteiger partial charge on any atom is -0.469 e. The summed E-state index contributed by atoms with van der Waals surface area (Å²) in [5, 5.41) is 12.0. The average Bonchev–Trinajstić information content (AvgIpc) is 3.09. The molecule has 1 aromatic heterocycles. The van der Waals surface area contributed by atoms with E-state index >= 15 is 0 Å². The van der Waals surface area contributed by atoms with Crippen molar-refractivity contribution in [2.24, 2.45) is 5.92 Å². The molecule has 136 valence electrons. The molecule has 0 radical (unpaired) electrons.